The van der Waals surface area contributed by atoms with Gasteiger partial charge in [-0.15, -0.1) is 11.3 Å². The fourth-order valence-corrected chi connectivity index (χ4v) is 3.75. The van der Waals surface area contributed by atoms with Crippen LogP contribution in [0.3, 0.4) is 0 Å². The summed E-state index contributed by atoms with van der Waals surface area (Å²) in [5.41, 5.74) is 0.734. The third-order valence-electron chi connectivity index (χ3n) is 3.71. The lowest BCUT2D eigenvalue weighted by atomic mass is 9.79. The van der Waals surface area contributed by atoms with Gasteiger partial charge < -0.3 is 0 Å². The minimum atomic E-state index is -0.457. The Kier molecular flexibility index (Phi) is 3.59. The van der Waals surface area contributed by atoms with E-state index in [2.05, 4.69) is 5.32 Å². The van der Waals surface area contributed by atoms with E-state index in [1.165, 1.54) is 12.1 Å². The van der Waals surface area contributed by atoms with Crippen LogP contribution in [0.2, 0.25) is 0 Å². The third-order valence-corrected chi connectivity index (χ3v) is 4.84. The van der Waals surface area contributed by atoms with Gasteiger partial charge in [-0.25, -0.2) is 4.39 Å². The SMILES string of the molecule is Cc1ccc(C2CC(=O)NC(=O)C2c2ccc(F)cc2)s1. The maximum absolute atomic E-state index is 13.1. The Hall–Kier alpha value is -2.01. The molecule has 1 aromatic carbocycles. The molecule has 1 N–H and O–H groups in total. The van der Waals surface area contributed by atoms with E-state index in [9.17, 15) is 14.0 Å². The molecule has 2 atom stereocenters. The molecule has 2 aromatic rings. The summed E-state index contributed by atoms with van der Waals surface area (Å²) in [6, 6.07) is 9.86. The van der Waals surface area contributed by atoms with Crippen LogP contribution in [-0.2, 0) is 9.59 Å². The Balaban J connectivity index is 2.02. The number of amides is 2. The first-order chi connectivity index (χ1) is 10.0. The average Bonchev–Trinajstić information content (AvgIpc) is 2.86. The Morgan fingerprint density at radius 2 is 1.86 bits per heavy atom. The van der Waals surface area contributed by atoms with Crippen molar-refractivity contribution in [3.8, 4) is 0 Å². The molecule has 2 heterocycles. The number of thiophene rings is 1. The van der Waals surface area contributed by atoms with E-state index >= 15 is 0 Å². The number of carbonyl (C=O) groups is 2. The van der Waals surface area contributed by atoms with Crippen molar-refractivity contribution in [1.82, 2.24) is 5.32 Å². The molecule has 0 spiro atoms. The smallest absolute Gasteiger partial charge is 0.234 e. The molecule has 1 fully saturated rings. The highest BCUT2D eigenvalue weighted by Crippen LogP contribution is 2.41. The number of carbonyl (C=O) groups excluding carboxylic acids is 2. The highest BCUT2D eigenvalue weighted by Gasteiger charge is 2.38. The van der Waals surface area contributed by atoms with Crippen molar-refractivity contribution >= 4 is 23.2 Å². The minimum Gasteiger partial charge on any atom is -0.296 e. The minimum absolute atomic E-state index is 0.185. The van der Waals surface area contributed by atoms with Crippen LogP contribution in [0, 0.1) is 12.7 Å². The van der Waals surface area contributed by atoms with Crippen LogP contribution in [0.1, 0.15) is 33.6 Å². The number of rotatable bonds is 2. The fraction of sp³-hybridized carbons (Fsp3) is 0.250. The van der Waals surface area contributed by atoms with Crippen LogP contribution in [0.25, 0.3) is 0 Å². The Labute approximate surface area is 125 Å². The average molecular weight is 303 g/mol. The number of nitrogens with one attached hydrogen (secondary N) is 1. The van der Waals surface area contributed by atoms with Gasteiger partial charge in [0.2, 0.25) is 11.8 Å². The van der Waals surface area contributed by atoms with Gasteiger partial charge >= 0.3 is 0 Å². The van der Waals surface area contributed by atoms with Gasteiger partial charge in [0.1, 0.15) is 5.82 Å². The van der Waals surface area contributed by atoms with Crippen LogP contribution >= 0.6 is 11.3 Å². The lowest BCUT2D eigenvalue weighted by Gasteiger charge is -2.29. The van der Waals surface area contributed by atoms with Gasteiger partial charge in [0.15, 0.2) is 0 Å². The van der Waals surface area contributed by atoms with Crippen LogP contribution in [-0.4, -0.2) is 11.8 Å². The number of benzene rings is 1. The summed E-state index contributed by atoms with van der Waals surface area (Å²) >= 11 is 1.59. The fourth-order valence-electron chi connectivity index (χ4n) is 2.74. The molecule has 0 bridgehead atoms. The van der Waals surface area contributed by atoms with E-state index < -0.39 is 5.92 Å². The van der Waals surface area contributed by atoms with Crippen molar-refractivity contribution in [1.29, 1.82) is 0 Å². The largest absolute Gasteiger partial charge is 0.296 e. The molecule has 3 nitrogen and oxygen atoms in total. The van der Waals surface area contributed by atoms with E-state index in [0.717, 1.165) is 15.3 Å². The van der Waals surface area contributed by atoms with Crippen LogP contribution in [0.5, 0.6) is 0 Å². The maximum atomic E-state index is 13.1. The van der Waals surface area contributed by atoms with Crippen molar-refractivity contribution in [3.63, 3.8) is 0 Å². The molecule has 1 saturated heterocycles. The van der Waals surface area contributed by atoms with Crippen molar-refractivity contribution in [2.45, 2.75) is 25.2 Å². The quantitative estimate of drug-likeness (QED) is 0.867. The zero-order valence-corrected chi connectivity index (χ0v) is 12.2. The second kappa shape index (κ2) is 5.41. The molecule has 0 aliphatic carbocycles. The summed E-state index contributed by atoms with van der Waals surface area (Å²) in [4.78, 5) is 26.1. The van der Waals surface area contributed by atoms with E-state index in [1.807, 2.05) is 19.1 Å². The number of imide groups is 1. The van der Waals surface area contributed by atoms with Gasteiger partial charge in [0.25, 0.3) is 0 Å². The van der Waals surface area contributed by atoms with Gasteiger partial charge in [0.05, 0.1) is 5.92 Å². The van der Waals surface area contributed by atoms with Gasteiger partial charge in [-0.1, -0.05) is 12.1 Å². The molecule has 1 aromatic heterocycles. The number of hydrogen-bond donors (Lipinski definition) is 1. The first-order valence-electron chi connectivity index (χ1n) is 6.70. The zero-order valence-electron chi connectivity index (χ0n) is 11.4. The maximum Gasteiger partial charge on any atom is 0.234 e. The van der Waals surface area contributed by atoms with Gasteiger partial charge in [0, 0.05) is 22.1 Å². The topological polar surface area (TPSA) is 46.2 Å². The second-order valence-corrected chi connectivity index (χ2v) is 6.52. The van der Waals surface area contributed by atoms with E-state index in [-0.39, 0.29) is 30.0 Å². The predicted molar refractivity (Wildman–Crippen MR) is 78.7 cm³/mol. The molecule has 1 aliphatic heterocycles. The molecular weight excluding hydrogens is 289 g/mol. The van der Waals surface area contributed by atoms with Crippen molar-refractivity contribution in [2.75, 3.05) is 0 Å². The van der Waals surface area contributed by atoms with Crippen molar-refractivity contribution in [2.24, 2.45) is 0 Å². The van der Waals surface area contributed by atoms with Crippen LogP contribution in [0.4, 0.5) is 4.39 Å². The van der Waals surface area contributed by atoms with E-state index in [0.29, 0.717) is 0 Å². The molecule has 108 valence electrons. The molecule has 3 rings (SSSR count). The third kappa shape index (κ3) is 2.74. The van der Waals surface area contributed by atoms with E-state index in [4.69, 9.17) is 0 Å². The van der Waals surface area contributed by atoms with Crippen LogP contribution < -0.4 is 5.32 Å². The second-order valence-electron chi connectivity index (χ2n) is 5.20. The summed E-state index contributed by atoms with van der Waals surface area (Å²) in [6.07, 6.45) is 0.272. The van der Waals surface area contributed by atoms with E-state index in [1.54, 1.807) is 23.5 Å². The normalized spacial score (nSPS) is 22.2. The lowest BCUT2D eigenvalue weighted by molar-refractivity contribution is -0.135. The molecule has 2 amide bonds. The van der Waals surface area contributed by atoms with Crippen molar-refractivity contribution < 1.29 is 14.0 Å². The number of halogens is 1. The summed E-state index contributed by atoms with van der Waals surface area (Å²) in [7, 11) is 0. The first-order valence-corrected chi connectivity index (χ1v) is 7.52. The summed E-state index contributed by atoms with van der Waals surface area (Å²) < 4.78 is 13.1. The molecule has 0 saturated carbocycles. The predicted octanol–water partition coefficient (Wildman–Crippen LogP) is 3.11. The zero-order chi connectivity index (χ0) is 15.0. The standard InChI is InChI=1S/C16H14FNO2S/c1-9-2-7-13(21-9)12-8-14(19)18-16(20)15(12)10-3-5-11(17)6-4-10/h2-7,12,15H,8H2,1H3,(H,18,19,20). The first kappa shape index (κ1) is 13.9. The van der Waals surface area contributed by atoms with Crippen LogP contribution in [0.15, 0.2) is 36.4 Å². The Morgan fingerprint density at radius 3 is 2.48 bits per heavy atom. The molecule has 5 heteroatoms. The summed E-state index contributed by atoms with van der Waals surface area (Å²) in [5.74, 6) is -1.55. The highest BCUT2D eigenvalue weighted by atomic mass is 32.1. The number of piperidine rings is 1. The number of hydrogen-bond acceptors (Lipinski definition) is 3. The monoisotopic (exact) mass is 303 g/mol. The summed E-state index contributed by atoms with van der Waals surface area (Å²) in [5, 5.41) is 2.38. The Morgan fingerprint density at radius 1 is 1.14 bits per heavy atom. The van der Waals surface area contributed by atoms with Gasteiger partial charge in [-0.05, 0) is 36.8 Å². The summed E-state index contributed by atoms with van der Waals surface area (Å²) in [6.45, 7) is 1.99. The molecule has 0 radical (unpaired) electrons. The van der Waals surface area contributed by atoms with Crippen molar-refractivity contribution in [3.05, 3.63) is 57.5 Å². The number of aryl methyl sites for hydroxylation is 1. The molecule has 2 unspecified atom stereocenters. The van der Waals surface area contributed by atoms with Gasteiger partial charge in [-0.2, -0.15) is 0 Å². The molecule has 21 heavy (non-hydrogen) atoms. The molecule has 1 aliphatic rings. The highest BCUT2D eigenvalue weighted by molar-refractivity contribution is 7.12. The lowest BCUT2D eigenvalue weighted by Crippen LogP contribution is -2.43. The van der Waals surface area contributed by atoms with Gasteiger partial charge in [-0.3, -0.25) is 14.9 Å². The Bertz CT molecular complexity index is 693. The molecular formula is C16H14FNO2S.